The highest BCUT2D eigenvalue weighted by molar-refractivity contribution is 5.91. The highest BCUT2D eigenvalue weighted by Gasteiger charge is 2.06. The SMILES string of the molecule is COc1ccc(Nc2ncnc3cc(C)c(C)cc23)cc1. The molecule has 0 unspecified atom stereocenters. The molecule has 3 rings (SSSR count). The summed E-state index contributed by atoms with van der Waals surface area (Å²) in [6, 6.07) is 12.0. The second kappa shape index (κ2) is 5.40. The first-order valence-electron chi connectivity index (χ1n) is 6.80. The zero-order chi connectivity index (χ0) is 14.8. The molecule has 0 aliphatic carbocycles. The van der Waals surface area contributed by atoms with Gasteiger partial charge in [0.1, 0.15) is 17.9 Å². The Morgan fingerprint density at radius 1 is 0.952 bits per heavy atom. The van der Waals surface area contributed by atoms with E-state index in [4.69, 9.17) is 4.74 Å². The van der Waals surface area contributed by atoms with Gasteiger partial charge in [-0.2, -0.15) is 0 Å². The fourth-order valence-corrected chi connectivity index (χ4v) is 2.23. The highest BCUT2D eigenvalue weighted by atomic mass is 16.5. The Morgan fingerprint density at radius 2 is 1.67 bits per heavy atom. The number of nitrogens with one attached hydrogen (secondary N) is 1. The van der Waals surface area contributed by atoms with Gasteiger partial charge in [-0.05, 0) is 61.4 Å². The third kappa shape index (κ3) is 2.65. The van der Waals surface area contributed by atoms with Crippen LogP contribution in [-0.4, -0.2) is 17.1 Å². The van der Waals surface area contributed by atoms with Crippen molar-refractivity contribution in [3.8, 4) is 5.75 Å². The molecule has 3 aromatic rings. The average Bonchev–Trinajstić information content (AvgIpc) is 2.50. The van der Waals surface area contributed by atoms with Crippen LogP contribution < -0.4 is 10.1 Å². The smallest absolute Gasteiger partial charge is 0.141 e. The molecular weight excluding hydrogens is 262 g/mol. The molecule has 1 N–H and O–H groups in total. The fraction of sp³-hybridized carbons (Fsp3) is 0.176. The standard InChI is InChI=1S/C17H17N3O/c1-11-8-15-16(9-12(11)2)18-10-19-17(15)20-13-4-6-14(21-3)7-5-13/h4-10H,1-3H3,(H,18,19,20). The van der Waals surface area contributed by atoms with Gasteiger partial charge < -0.3 is 10.1 Å². The second-order valence-corrected chi connectivity index (χ2v) is 5.03. The summed E-state index contributed by atoms with van der Waals surface area (Å²) in [5.41, 5.74) is 4.38. The van der Waals surface area contributed by atoms with Crippen LogP contribution in [0.4, 0.5) is 11.5 Å². The van der Waals surface area contributed by atoms with E-state index >= 15 is 0 Å². The Labute approximate surface area is 123 Å². The van der Waals surface area contributed by atoms with Gasteiger partial charge >= 0.3 is 0 Å². The topological polar surface area (TPSA) is 47.0 Å². The lowest BCUT2D eigenvalue weighted by atomic mass is 10.1. The Balaban J connectivity index is 2.01. The van der Waals surface area contributed by atoms with Gasteiger partial charge in [0.2, 0.25) is 0 Å². The maximum absolute atomic E-state index is 5.17. The summed E-state index contributed by atoms with van der Waals surface area (Å²) in [6.45, 7) is 4.19. The summed E-state index contributed by atoms with van der Waals surface area (Å²) in [5.74, 6) is 1.65. The molecular formula is C17H17N3O. The van der Waals surface area contributed by atoms with Gasteiger partial charge in [0, 0.05) is 11.1 Å². The molecule has 21 heavy (non-hydrogen) atoms. The van der Waals surface area contributed by atoms with Gasteiger partial charge in [-0.25, -0.2) is 9.97 Å². The van der Waals surface area contributed by atoms with Gasteiger partial charge in [-0.1, -0.05) is 0 Å². The van der Waals surface area contributed by atoms with E-state index in [9.17, 15) is 0 Å². The number of methoxy groups -OCH3 is 1. The van der Waals surface area contributed by atoms with Crippen molar-refractivity contribution in [1.82, 2.24) is 9.97 Å². The molecule has 0 radical (unpaired) electrons. The van der Waals surface area contributed by atoms with E-state index in [-0.39, 0.29) is 0 Å². The third-order valence-corrected chi connectivity index (χ3v) is 3.60. The van der Waals surface area contributed by atoms with Crippen LogP contribution in [0.3, 0.4) is 0 Å². The van der Waals surface area contributed by atoms with Crippen LogP contribution in [0.25, 0.3) is 10.9 Å². The van der Waals surface area contributed by atoms with Crippen LogP contribution in [0, 0.1) is 13.8 Å². The third-order valence-electron chi connectivity index (χ3n) is 3.60. The van der Waals surface area contributed by atoms with Crippen molar-refractivity contribution in [3.05, 3.63) is 53.9 Å². The summed E-state index contributed by atoms with van der Waals surface area (Å²) in [5, 5.41) is 4.36. The summed E-state index contributed by atoms with van der Waals surface area (Å²) < 4.78 is 5.17. The molecule has 0 spiro atoms. The molecule has 2 aromatic carbocycles. The van der Waals surface area contributed by atoms with Crippen LogP contribution in [-0.2, 0) is 0 Å². The molecule has 0 saturated heterocycles. The zero-order valence-electron chi connectivity index (χ0n) is 12.3. The molecule has 0 atom stereocenters. The maximum atomic E-state index is 5.17. The van der Waals surface area contributed by atoms with E-state index in [1.807, 2.05) is 24.3 Å². The first-order chi connectivity index (χ1) is 10.2. The van der Waals surface area contributed by atoms with Crippen molar-refractivity contribution in [2.75, 3.05) is 12.4 Å². The van der Waals surface area contributed by atoms with Crippen molar-refractivity contribution >= 4 is 22.4 Å². The number of fused-ring (bicyclic) bond motifs is 1. The normalized spacial score (nSPS) is 10.6. The summed E-state index contributed by atoms with van der Waals surface area (Å²) in [6.07, 6.45) is 1.59. The molecule has 106 valence electrons. The lowest BCUT2D eigenvalue weighted by Gasteiger charge is -2.10. The minimum absolute atomic E-state index is 0.813. The summed E-state index contributed by atoms with van der Waals surface area (Å²) in [7, 11) is 1.66. The molecule has 0 fully saturated rings. The number of anilines is 2. The molecule has 1 heterocycles. The van der Waals surface area contributed by atoms with E-state index in [1.165, 1.54) is 11.1 Å². The predicted octanol–water partition coefficient (Wildman–Crippen LogP) is 4.00. The molecule has 1 aromatic heterocycles. The molecule has 0 aliphatic rings. The van der Waals surface area contributed by atoms with Gasteiger partial charge in [-0.15, -0.1) is 0 Å². The van der Waals surface area contributed by atoms with Crippen molar-refractivity contribution in [3.63, 3.8) is 0 Å². The van der Waals surface area contributed by atoms with E-state index < -0.39 is 0 Å². The number of nitrogens with zero attached hydrogens (tertiary/aromatic N) is 2. The van der Waals surface area contributed by atoms with Gasteiger partial charge in [0.05, 0.1) is 12.6 Å². The number of hydrogen-bond donors (Lipinski definition) is 1. The second-order valence-electron chi connectivity index (χ2n) is 5.03. The Bertz CT molecular complexity index is 782. The number of aryl methyl sites for hydroxylation is 2. The first-order valence-corrected chi connectivity index (χ1v) is 6.80. The average molecular weight is 279 g/mol. The molecule has 0 saturated carbocycles. The quantitative estimate of drug-likeness (QED) is 0.787. The van der Waals surface area contributed by atoms with E-state index in [1.54, 1.807) is 13.4 Å². The van der Waals surface area contributed by atoms with Crippen LogP contribution >= 0.6 is 0 Å². The fourth-order valence-electron chi connectivity index (χ4n) is 2.23. The highest BCUT2D eigenvalue weighted by Crippen LogP contribution is 2.26. The van der Waals surface area contributed by atoms with Gasteiger partial charge in [0.25, 0.3) is 0 Å². The van der Waals surface area contributed by atoms with Crippen molar-refractivity contribution < 1.29 is 4.74 Å². The molecule has 4 heteroatoms. The minimum atomic E-state index is 0.813. The number of aromatic nitrogens is 2. The van der Waals surface area contributed by atoms with E-state index in [0.717, 1.165) is 28.2 Å². The molecule has 0 aliphatic heterocycles. The van der Waals surface area contributed by atoms with E-state index in [2.05, 4.69) is 41.3 Å². The first kappa shape index (κ1) is 13.4. The Hall–Kier alpha value is -2.62. The zero-order valence-corrected chi connectivity index (χ0v) is 12.3. The van der Waals surface area contributed by atoms with Gasteiger partial charge in [0.15, 0.2) is 0 Å². The van der Waals surface area contributed by atoms with Crippen LogP contribution in [0.1, 0.15) is 11.1 Å². The largest absolute Gasteiger partial charge is 0.497 e. The lowest BCUT2D eigenvalue weighted by molar-refractivity contribution is 0.415. The monoisotopic (exact) mass is 279 g/mol. The summed E-state index contributed by atoms with van der Waals surface area (Å²) >= 11 is 0. The Morgan fingerprint density at radius 3 is 2.38 bits per heavy atom. The predicted molar refractivity (Wildman–Crippen MR) is 85.3 cm³/mol. The number of ether oxygens (including phenoxy) is 1. The number of benzene rings is 2. The van der Waals surface area contributed by atoms with Crippen molar-refractivity contribution in [2.24, 2.45) is 0 Å². The number of rotatable bonds is 3. The minimum Gasteiger partial charge on any atom is -0.497 e. The molecule has 0 bridgehead atoms. The lowest BCUT2D eigenvalue weighted by Crippen LogP contribution is -1.97. The van der Waals surface area contributed by atoms with Crippen molar-refractivity contribution in [1.29, 1.82) is 0 Å². The number of hydrogen-bond acceptors (Lipinski definition) is 4. The maximum Gasteiger partial charge on any atom is 0.141 e. The molecule has 4 nitrogen and oxygen atoms in total. The summed E-state index contributed by atoms with van der Waals surface area (Å²) in [4.78, 5) is 8.70. The van der Waals surface area contributed by atoms with Crippen molar-refractivity contribution in [2.45, 2.75) is 13.8 Å². The molecule has 0 amide bonds. The van der Waals surface area contributed by atoms with Gasteiger partial charge in [-0.3, -0.25) is 0 Å². The van der Waals surface area contributed by atoms with E-state index in [0.29, 0.717) is 0 Å². The van der Waals surface area contributed by atoms with Crippen LogP contribution in [0.5, 0.6) is 5.75 Å². The Kier molecular flexibility index (Phi) is 3.44. The van der Waals surface area contributed by atoms with Crippen LogP contribution in [0.15, 0.2) is 42.7 Å². The van der Waals surface area contributed by atoms with Crippen LogP contribution in [0.2, 0.25) is 0 Å².